The number of amides is 1. The summed E-state index contributed by atoms with van der Waals surface area (Å²) in [6.45, 7) is 3.88. The van der Waals surface area contributed by atoms with Crippen LogP contribution in [0.5, 0.6) is 0 Å². The van der Waals surface area contributed by atoms with Crippen molar-refractivity contribution in [1.29, 1.82) is 0 Å². The summed E-state index contributed by atoms with van der Waals surface area (Å²) in [6.07, 6.45) is 0. The largest absolute Gasteiger partial charge is 0.293 e. The first-order valence-electron chi connectivity index (χ1n) is 4.97. The summed E-state index contributed by atoms with van der Waals surface area (Å²) in [5, 5.41) is -0.268. The molecule has 0 fully saturated rings. The highest BCUT2D eigenvalue weighted by Gasteiger charge is 2.22. The van der Waals surface area contributed by atoms with Crippen LogP contribution < -0.4 is 11.3 Å². The quantitative estimate of drug-likeness (QED) is 0.367. The molecule has 1 aromatic carbocycles. The number of benzene rings is 1. The van der Waals surface area contributed by atoms with Gasteiger partial charge in [-0.15, -0.1) is 11.8 Å². The van der Waals surface area contributed by atoms with Crippen molar-refractivity contribution in [2.24, 2.45) is 11.8 Å². The minimum Gasteiger partial charge on any atom is -0.293 e. The molecule has 0 saturated carbocycles. The van der Waals surface area contributed by atoms with Crippen molar-refractivity contribution in [3.63, 3.8) is 0 Å². The van der Waals surface area contributed by atoms with E-state index < -0.39 is 0 Å². The third kappa shape index (κ3) is 3.50. The van der Waals surface area contributed by atoms with Gasteiger partial charge in [0.15, 0.2) is 0 Å². The monoisotopic (exact) mass is 242 g/mol. The molecule has 0 aliphatic carbocycles. The number of carbonyl (C=O) groups excluding carboxylic acids is 1. The summed E-state index contributed by atoms with van der Waals surface area (Å²) in [5.74, 6) is 4.77. The van der Waals surface area contributed by atoms with Gasteiger partial charge in [0.25, 0.3) is 0 Å². The zero-order valence-corrected chi connectivity index (χ0v) is 10.1. The first-order valence-corrected chi connectivity index (χ1v) is 5.85. The summed E-state index contributed by atoms with van der Waals surface area (Å²) >= 11 is 1.38. The van der Waals surface area contributed by atoms with Crippen LogP contribution in [0.15, 0.2) is 29.2 Å². The van der Waals surface area contributed by atoms with Gasteiger partial charge in [0.1, 0.15) is 5.82 Å². The lowest BCUT2D eigenvalue weighted by Crippen LogP contribution is -2.39. The van der Waals surface area contributed by atoms with Crippen molar-refractivity contribution >= 4 is 17.7 Å². The number of hydrogen-bond donors (Lipinski definition) is 2. The number of thioether (sulfide) groups is 1. The number of carbonyl (C=O) groups is 1. The van der Waals surface area contributed by atoms with Crippen LogP contribution in [0.1, 0.15) is 13.8 Å². The molecule has 0 spiro atoms. The van der Waals surface area contributed by atoms with Crippen molar-refractivity contribution in [2.45, 2.75) is 24.0 Å². The Bertz CT molecular complexity index is 354. The van der Waals surface area contributed by atoms with E-state index in [0.717, 1.165) is 4.90 Å². The third-order valence-electron chi connectivity index (χ3n) is 2.08. The fourth-order valence-corrected chi connectivity index (χ4v) is 2.27. The van der Waals surface area contributed by atoms with Gasteiger partial charge in [-0.25, -0.2) is 10.2 Å². The van der Waals surface area contributed by atoms with Crippen LogP contribution >= 0.6 is 11.8 Å². The molecule has 3 N–H and O–H groups in total. The van der Waals surface area contributed by atoms with Gasteiger partial charge in [-0.05, 0) is 30.2 Å². The van der Waals surface area contributed by atoms with E-state index in [9.17, 15) is 9.18 Å². The highest BCUT2D eigenvalue weighted by molar-refractivity contribution is 8.00. The fourth-order valence-electron chi connectivity index (χ4n) is 1.23. The standard InChI is InChI=1S/C11H15FN2OS/c1-7(2)10(11(15)14-13)16-9-5-3-8(12)4-6-9/h3-7,10H,13H2,1-2H3,(H,14,15). The van der Waals surface area contributed by atoms with Crippen molar-refractivity contribution in [1.82, 2.24) is 5.43 Å². The van der Waals surface area contributed by atoms with Crippen LogP contribution in [-0.4, -0.2) is 11.2 Å². The van der Waals surface area contributed by atoms with E-state index in [4.69, 9.17) is 5.84 Å². The highest BCUT2D eigenvalue weighted by Crippen LogP contribution is 2.28. The van der Waals surface area contributed by atoms with Gasteiger partial charge in [0.2, 0.25) is 5.91 Å². The third-order valence-corrected chi connectivity index (χ3v) is 3.64. The molecule has 16 heavy (non-hydrogen) atoms. The van der Waals surface area contributed by atoms with Crippen molar-refractivity contribution in [3.8, 4) is 0 Å². The predicted octanol–water partition coefficient (Wildman–Crippen LogP) is 1.93. The van der Waals surface area contributed by atoms with Crippen molar-refractivity contribution in [3.05, 3.63) is 30.1 Å². The molecule has 0 saturated heterocycles. The summed E-state index contributed by atoms with van der Waals surface area (Å²) in [6, 6.07) is 6.05. The van der Waals surface area contributed by atoms with Crippen molar-refractivity contribution in [2.75, 3.05) is 0 Å². The Morgan fingerprint density at radius 3 is 2.38 bits per heavy atom. The lowest BCUT2D eigenvalue weighted by atomic mass is 10.1. The zero-order valence-electron chi connectivity index (χ0n) is 9.24. The minimum absolute atomic E-state index is 0.151. The molecule has 1 rings (SSSR count). The molecule has 1 unspecified atom stereocenters. The Morgan fingerprint density at radius 2 is 1.94 bits per heavy atom. The Labute approximate surface area is 98.6 Å². The average molecular weight is 242 g/mol. The van der Waals surface area contributed by atoms with E-state index in [-0.39, 0.29) is 22.9 Å². The maximum atomic E-state index is 12.7. The molecule has 1 amide bonds. The summed E-state index contributed by atoms with van der Waals surface area (Å²) in [7, 11) is 0. The van der Waals surface area contributed by atoms with Gasteiger partial charge in [0, 0.05) is 4.90 Å². The molecule has 5 heteroatoms. The Kier molecular flexibility index (Phi) is 4.76. The van der Waals surface area contributed by atoms with Crippen molar-refractivity contribution < 1.29 is 9.18 Å². The summed E-state index contributed by atoms with van der Waals surface area (Å²) in [4.78, 5) is 12.3. The maximum absolute atomic E-state index is 12.7. The second-order valence-electron chi connectivity index (χ2n) is 3.74. The number of hydrogen-bond acceptors (Lipinski definition) is 3. The molecular formula is C11H15FN2OS. The summed E-state index contributed by atoms with van der Waals surface area (Å²) in [5.41, 5.74) is 2.14. The molecule has 3 nitrogen and oxygen atoms in total. The van der Waals surface area contributed by atoms with Crippen LogP contribution in [-0.2, 0) is 4.79 Å². The van der Waals surface area contributed by atoms with Gasteiger partial charge in [-0.2, -0.15) is 0 Å². The van der Waals surface area contributed by atoms with Gasteiger partial charge >= 0.3 is 0 Å². The molecule has 0 radical (unpaired) electrons. The van der Waals surface area contributed by atoms with Crippen LogP contribution in [0.2, 0.25) is 0 Å². The van der Waals surface area contributed by atoms with E-state index >= 15 is 0 Å². The van der Waals surface area contributed by atoms with Crippen LogP contribution in [0.3, 0.4) is 0 Å². The van der Waals surface area contributed by atoms with E-state index in [1.807, 2.05) is 13.8 Å². The number of rotatable bonds is 4. The second kappa shape index (κ2) is 5.86. The van der Waals surface area contributed by atoms with E-state index in [1.165, 1.54) is 23.9 Å². The lowest BCUT2D eigenvalue weighted by molar-refractivity contribution is -0.121. The first-order chi connectivity index (χ1) is 7.54. The Balaban J connectivity index is 2.75. The number of nitrogens with two attached hydrogens (primary N) is 1. The number of halogens is 1. The Hall–Kier alpha value is -1.07. The molecule has 0 aromatic heterocycles. The van der Waals surface area contributed by atoms with Gasteiger partial charge in [0.05, 0.1) is 5.25 Å². The molecule has 88 valence electrons. The average Bonchev–Trinajstić information content (AvgIpc) is 2.27. The molecule has 1 atom stereocenters. The van der Waals surface area contributed by atoms with Crippen LogP contribution in [0.25, 0.3) is 0 Å². The molecule has 0 aliphatic rings. The van der Waals surface area contributed by atoms with E-state index in [1.54, 1.807) is 12.1 Å². The smallest absolute Gasteiger partial charge is 0.247 e. The number of hydrazine groups is 1. The molecule has 1 aromatic rings. The molecule has 0 aliphatic heterocycles. The summed E-state index contributed by atoms with van der Waals surface area (Å²) < 4.78 is 12.7. The van der Waals surface area contributed by atoms with Gasteiger partial charge in [-0.1, -0.05) is 13.8 Å². The minimum atomic E-state index is -0.284. The Morgan fingerprint density at radius 1 is 1.38 bits per heavy atom. The van der Waals surface area contributed by atoms with Gasteiger partial charge in [-0.3, -0.25) is 10.2 Å². The molecular weight excluding hydrogens is 227 g/mol. The fraction of sp³-hybridized carbons (Fsp3) is 0.364. The highest BCUT2D eigenvalue weighted by atomic mass is 32.2. The van der Waals surface area contributed by atoms with Gasteiger partial charge < -0.3 is 0 Å². The van der Waals surface area contributed by atoms with Crippen LogP contribution in [0, 0.1) is 11.7 Å². The lowest BCUT2D eigenvalue weighted by Gasteiger charge is -2.18. The van der Waals surface area contributed by atoms with Crippen LogP contribution in [0.4, 0.5) is 4.39 Å². The topological polar surface area (TPSA) is 55.1 Å². The van der Waals surface area contributed by atoms with E-state index in [2.05, 4.69) is 5.43 Å². The normalized spacial score (nSPS) is 12.6. The SMILES string of the molecule is CC(C)C(Sc1ccc(F)cc1)C(=O)NN. The van der Waals surface area contributed by atoms with E-state index in [0.29, 0.717) is 0 Å². The zero-order chi connectivity index (χ0) is 12.1. The maximum Gasteiger partial charge on any atom is 0.247 e. The second-order valence-corrected chi connectivity index (χ2v) is 4.96. The predicted molar refractivity (Wildman–Crippen MR) is 63.2 cm³/mol. The molecule has 0 bridgehead atoms. The number of nitrogens with one attached hydrogen (secondary N) is 1. The first kappa shape index (κ1) is 13.0. The molecule has 0 heterocycles.